The van der Waals surface area contributed by atoms with E-state index in [-0.39, 0.29) is 0 Å². The number of nitrogens with zero attached hydrogens (tertiary/aromatic N) is 1. The van der Waals surface area contributed by atoms with Crippen LogP contribution in [0.25, 0.3) is 104 Å². The second kappa shape index (κ2) is 11.3. The van der Waals surface area contributed by atoms with Gasteiger partial charge in [-0.05, 0) is 92.5 Å². The number of aromatic nitrogens is 1. The first kappa shape index (κ1) is 28.9. The summed E-state index contributed by atoms with van der Waals surface area (Å²) in [4.78, 5) is 0. The van der Waals surface area contributed by atoms with Crippen molar-refractivity contribution in [1.29, 1.82) is 0 Å². The van der Waals surface area contributed by atoms with Crippen molar-refractivity contribution in [2.24, 2.45) is 0 Å². The number of rotatable bonds is 4. The van der Waals surface area contributed by atoms with Crippen LogP contribution in [0.15, 0.2) is 192 Å². The molecule has 0 aliphatic heterocycles. The second-order valence-electron chi connectivity index (χ2n) is 13.7. The lowest BCUT2D eigenvalue weighted by atomic mass is 9.94. The molecule has 0 N–H and O–H groups in total. The Morgan fingerprint density at radius 2 is 0.923 bits per heavy atom. The zero-order valence-electron chi connectivity index (χ0n) is 28.3. The predicted molar refractivity (Wildman–Crippen MR) is 219 cm³/mol. The van der Waals surface area contributed by atoms with Crippen molar-refractivity contribution in [3.8, 4) is 39.1 Å². The Labute approximate surface area is 300 Å². The molecular weight excluding hydrogens is 631 g/mol. The number of para-hydroxylation sites is 1. The smallest absolute Gasteiger partial charge is 0.143 e. The van der Waals surface area contributed by atoms with Gasteiger partial charge < -0.3 is 8.98 Å². The van der Waals surface area contributed by atoms with Gasteiger partial charge in [-0.3, -0.25) is 0 Å². The molecule has 0 unspecified atom stereocenters. The Morgan fingerprint density at radius 3 is 1.73 bits per heavy atom. The van der Waals surface area contributed by atoms with Crippen molar-refractivity contribution < 1.29 is 4.42 Å². The first-order chi connectivity index (χ1) is 25.8. The fourth-order valence-electron chi connectivity index (χ4n) is 8.32. The highest BCUT2D eigenvalue weighted by atomic mass is 16.3. The van der Waals surface area contributed by atoms with Gasteiger partial charge in [0.1, 0.15) is 11.2 Å². The lowest BCUT2D eigenvalue weighted by molar-refractivity contribution is 0.670. The maximum Gasteiger partial charge on any atom is 0.143 e. The van der Waals surface area contributed by atoms with Crippen LogP contribution in [0.3, 0.4) is 0 Å². The Balaban J connectivity index is 1.18. The van der Waals surface area contributed by atoms with Crippen LogP contribution in [0.2, 0.25) is 0 Å². The number of hydrogen-bond acceptors (Lipinski definition) is 1. The van der Waals surface area contributed by atoms with Crippen molar-refractivity contribution in [2.75, 3.05) is 0 Å². The molecule has 0 radical (unpaired) electrons. The SMILES string of the molecule is c1ccc(-c2ccc3oc4c(-c5ccc6c(c5)c5ccccc5n6-c5cc6ccccc6c6ccccc56)cc(-c5ccccc5)cc4c3c2)cc1. The standard InChI is InChI=1S/C50H31NO/c1-3-13-32(14-4-1)34-24-26-49-44(27-34)45-30-37(33-15-5-2-6-16-33)29-42(50(45)52-49)36-23-25-47-43(28-36)41-21-11-12-22-46(41)51(47)48-31-35-17-7-8-18-38(35)39-19-9-10-20-40(39)48/h1-31H. The van der Waals surface area contributed by atoms with Gasteiger partial charge in [0.25, 0.3) is 0 Å². The van der Waals surface area contributed by atoms with Crippen LogP contribution in [0.5, 0.6) is 0 Å². The fourth-order valence-corrected chi connectivity index (χ4v) is 8.32. The van der Waals surface area contributed by atoms with E-state index in [1.54, 1.807) is 0 Å². The van der Waals surface area contributed by atoms with E-state index in [1.807, 2.05) is 0 Å². The van der Waals surface area contributed by atoms with Gasteiger partial charge in [0.2, 0.25) is 0 Å². The zero-order chi connectivity index (χ0) is 34.2. The van der Waals surface area contributed by atoms with E-state index in [0.717, 1.165) is 33.1 Å². The molecule has 0 atom stereocenters. The van der Waals surface area contributed by atoms with Gasteiger partial charge in [-0.25, -0.2) is 0 Å². The van der Waals surface area contributed by atoms with E-state index >= 15 is 0 Å². The average Bonchev–Trinajstić information content (AvgIpc) is 3.76. The third kappa shape index (κ3) is 4.38. The Kier molecular flexibility index (Phi) is 6.28. The van der Waals surface area contributed by atoms with Gasteiger partial charge >= 0.3 is 0 Å². The Morgan fingerprint density at radius 1 is 0.327 bits per heavy atom. The van der Waals surface area contributed by atoms with Crippen LogP contribution in [-0.2, 0) is 0 Å². The van der Waals surface area contributed by atoms with Crippen molar-refractivity contribution in [2.45, 2.75) is 0 Å². The molecule has 9 aromatic carbocycles. The molecule has 0 saturated carbocycles. The van der Waals surface area contributed by atoms with Crippen molar-refractivity contribution in [3.63, 3.8) is 0 Å². The number of hydrogen-bond donors (Lipinski definition) is 0. The molecule has 0 aliphatic rings. The maximum atomic E-state index is 6.78. The fraction of sp³-hybridized carbons (Fsp3) is 0. The van der Waals surface area contributed by atoms with Crippen LogP contribution >= 0.6 is 0 Å². The van der Waals surface area contributed by atoms with E-state index in [1.165, 1.54) is 71.3 Å². The highest BCUT2D eigenvalue weighted by Gasteiger charge is 2.20. The zero-order valence-corrected chi connectivity index (χ0v) is 28.3. The first-order valence-corrected chi connectivity index (χ1v) is 17.8. The highest BCUT2D eigenvalue weighted by Crippen LogP contribution is 2.43. The van der Waals surface area contributed by atoms with E-state index in [4.69, 9.17) is 4.42 Å². The number of benzene rings is 9. The summed E-state index contributed by atoms with van der Waals surface area (Å²) in [6.07, 6.45) is 0. The quantitative estimate of drug-likeness (QED) is 0.172. The van der Waals surface area contributed by atoms with Gasteiger partial charge in [0.05, 0.1) is 16.7 Å². The molecule has 2 aromatic heterocycles. The minimum Gasteiger partial charge on any atom is -0.455 e. The minimum atomic E-state index is 0.891. The molecule has 2 heterocycles. The lowest BCUT2D eigenvalue weighted by Gasteiger charge is -2.14. The number of fused-ring (bicyclic) bond motifs is 9. The third-order valence-corrected chi connectivity index (χ3v) is 10.8. The Hall–Kier alpha value is -6.90. The summed E-state index contributed by atoms with van der Waals surface area (Å²) < 4.78 is 9.23. The molecular formula is C50H31NO. The molecule has 2 heteroatoms. The average molecular weight is 662 g/mol. The maximum absolute atomic E-state index is 6.78. The van der Waals surface area contributed by atoms with Crippen LogP contribution in [0, 0.1) is 0 Å². The molecule has 2 nitrogen and oxygen atoms in total. The van der Waals surface area contributed by atoms with Gasteiger partial charge in [-0.1, -0.05) is 140 Å². The van der Waals surface area contributed by atoms with Crippen molar-refractivity contribution >= 4 is 65.3 Å². The molecule has 0 aliphatic carbocycles. The molecule has 242 valence electrons. The summed E-state index contributed by atoms with van der Waals surface area (Å²) in [6.45, 7) is 0. The van der Waals surface area contributed by atoms with E-state index in [2.05, 4.69) is 193 Å². The first-order valence-electron chi connectivity index (χ1n) is 17.8. The summed E-state index contributed by atoms with van der Waals surface area (Å²) in [6, 6.07) is 68.0. The van der Waals surface area contributed by atoms with Gasteiger partial charge in [0, 0.05) is 32.5 Å². The summed E-state index contributed by atoms with van der Waals surface area (Å²) in [5.74, 6) is 0. The largest absolute Gasteiger partial charge is 0.455 e. The third-order valence-electron chi connectivity index (χ3n) is 10.8. The Bertz CT molecular complexity index is 3170. The van der Waals surface area contributed by atoms with E-state index in [9.17, 15) is 0 Å². The van der Waals surface area contributed by atoms with Crippen LogP contribution < -0.4 is 0 Å². The molecule has 52 heavy (non-hydrogen) atoms. The molecule has 0 amide bonds. The molecule has 11 rings (SSSR count). The molecule has 11 aromatic rings. The lowest BCUT2D eigenvalue weighted by Crippen LogP contribution is -1.96. The molecule has 0 fully saturated rings. The molecule has 0 spiro atoms. The van der Waals surface area contributed by atoms with Gasteiger partial charge in [-0.15, -0.1) is 0 Å². The van der Waals surface area contributed by atoms with Crippen LogP contribution in [0.1, 0.15) is 0 Å². The highest BCUT2D eigenvalue weighted by molar-refractivity contribution is 6.17. The topological polar surface area (TPSA) is 18.1 Å². The monoisotopic (exact) mass is 661 g/mol. The van der Waals surface area contributed by atoms with E-state index in [0.29, 0.717) is 0 Å². The number of furan rings is 1. The molecule has 0 bridgehead atoms. The van der Waals surface area contributed by atoms with Crippen LogP contribution in [0.4, 0.5) is 0 Å². The van der Waals surface area contributed by atoms with Gasteiger partial charge in [0.15, 0.2) is 0 Å². The predicted octanol–water partition coefficient (Wildman–Crippen LogP) is 14.0. The van der Waals surface area contributed by atoms with Crippen molar-refractivity contribution in [3.05, 3.63) is 188 Å². The van der Waals surface area contributed by atoms with Gasteiger partial charge in [-0.2, -0.15) is 0 Å². The van der Waals surface area contributed by atoms with E-state index < -0.39 is 0 Å². The summed E-state index contributed by atoms with van der Waals surface area (Å²) in [7, 11) is 0. The summed E-state index contributed by atoms with van der Waals surface area (Å²) >= 11 is 0. The van der Waals surface area contributed by atoms with Crippen molar-refractivity contribution in [1.82, 2.24) is 4.57 Å². The van der Waals surface area contributed by atoms with Crippen LogP contribution in [-0.4, -0.2) is 4.57 Å². The second-order valence-corrected chi connectivity index (χ2v) is 13.7. The summed E-state index contributed by atoms with van der Waals surface area (Å²) in [5, 5.41) is 9.69. The normalized spacial score (nSPS) is 11.8. The summed E-state index contributed by atoms with van der Waals surface area (Å²) in [5.41, 5.74) is 12.3. The molecule has 0 saturated heterocycles. The minimum absolute atomic E-state index is 0.891.